The highest BCUT2D eigenvalue weighted by Gasteiger charge is 2.25. The minimum Gasteiger partial charge on any atom is -0.310 e. The van der Waals surface area contributed by atoms with E-state index in [1.165, 1.54) is 30.1 Å². The summed E-state index contributed by atoms with van der Waals surface area (Å²) in [5.41, 5.74) is 1.24. The fourth-order valence-electron chi connectivity index (χ4n) is 2.91. The number of nitrogens with zero attached hydrogens (tertiary/aromatic N) is 3. The van der Waals surface area contributed by atoms with Crippen LogP contribution in [0.2, 0.25) is 0 Å². The van der Waals surface area contributed by atoms with Crippen LogP contribution in [0.3, 0.4) is 0 Å². The highest BCUT2D eigenvalue weighted by Crippen LogP contribution is 2.21. The number of thiazole rings is 1. The first-order valence-corrected chi connectivity index (χ1v) is 8.95. The molecule has 0 radical (unpaired) electrons. The molecule has 1 saturated heterocycles. The van der Waals surface area contributed by atoms with E-state index in [2.05, 4.69) is 48.4 Å². The molecule has 0 spiro atoms. The molecule has 1 aromatic heterocycles. The summed E-state index contributed by atoms with van der Waals surface area (Å²) >= 11 is 1.79. The van der Waals surface area contributed by atoms with Crippen LogP contribution in [0.25, 0.3) is 0 Å². The number of hydrogen-bond donors (Lipinski definition) is 1. The SMILES string of the molecule is CC(C)CNCc1nc(CN2CCCC2CN(C)C)cs1. The molecule has 1 aliphatic heterocycles. The van der Waals surface area contributed by atoms with Crippen molar-refractivity contribution in [3.05, 3.63) is 16.1 Å². The Morgan fingerprint density at radius 1 is 1.48 bits per heavy atom. The van der Waals surface area contributed by atoms with Crippen molar-refractivity contribution in [1.29, 1.82) is 0 Å². The van der Waals surface area contributed by atoms with Gasteiger partial charge in [-0.15, -0.1) is 11.3 Å². The molecule has 2 heterocycles. The third-order valence-electron chi connectivity index (χ3n) is 3.87. The Kier molecular flexibility index (Phi) is 6.61. The minimum absolute atomic E-state index is 0.695. The van der Waals surface area contributed by atoms with Gasteiger partial charge in [0, 0.05) is 31.1 Å². The Morgan fingerprint density at radius 3 is 3.00 bits per heavy atom. The van der Waals surface area contributed by atoms with Crippen molar-refractivity contribution < 1.29 is 0 Å². The molecule has 1 unspecified atom stereocenters. The second-order valence-corrected chi connectivity index (χ2v) is 7.73. The van der Waals surface area contributed by atoms with Gasteiger partial charge < -0.3 is 10.2 Å². The molecule has 1 fully saturated rings. The molecule has 4 nitrogen and oxygen atoms in total. The van der Waals surface area contributed by atoms with Crippen molar-refractivity contribution in [2.75, 3.05) is 33.7 Å². The van der Waals surface area contributed by atoms with Crippen LogP contribution in [0, 0.1) is 5.92 Å². The molecule has 1 aromatic rings. The zero-order valence-electron chi connectivity index (χ0n) is 13.9. The third kappa shape index (κ3) is 5.66. The molecule has 0 bridgehead atoms. The summed E-state index contributed by atoms with van der Waals surface area (Å²) in [5, 5.41) is 6.92. The second-order valence-electron chi connectivity index (χ2n) is 6.79. The van der Waals surface area contributed by atoms with E-state index < -0.39 is 0 Å². The highest BCUT2D eigenvalue weighted by molar-refractivity contribution is 7.09. The smallest absolute Gasteiger partial charge is 0.107 e. The molecule has 0 aliphatic carbocycles. The van der Waals surface area contributed by atoms with E-state index in [-0.39, 0.29) is 0 Å². The van der Waals surface area contributed by atoms with Gasteiger partial charge in [-0.25, -0.2) is 4.98 Å². The Balaban J connectivity index is 1.81. The Labute approximate surface area is 133 Å². The van der Waals surface area contributed by atoms with E-state index in [4.69, 9.17) is 4.98 Å². The summed E-state index contributed by atoms with van der Waals surface area (Å²) in [6, 6.07) is 0.698. The number of nitrogens with one attached hydrogen (secondary N) is 1. The number of likely N-dealkylation sites (N-methyl/N-ethyl adjacent to an activating group) is 1. The summed E-state index contributed by atoms with van der Waals surface area (Å²) < 4.78 is 0. The van der Waals surface area contributed by atoms with Gasteiger partial charge in [0.05, 0.1) is 5.69 Å². The van der Waals surface area contributed by atoms with Gasteiger partial charge in [0.25, 0.3) is 0 Å². The number of likely N-dealkylation sites (tertiary alicyclic amines) is 1. The number of aromatic nitrogens is 1. The second kappa shape index (κ2) is 8.22. The van der Waals surface area contributed by atoms with Gasteiger partial charge >= 0.3 is 0 Å². The van der Waals surface area contributed by atoms with Crippen LogP contribution in [0.1, 0.15) is 37.4 Å². The fraction of sp³-hybridized carbons (Fsp3) is 0.812. The predicted molar refractivity (Wildman–Crippen MR) is 90.6 cm³/mol. The van der Waals surface area contributed by atoms with Crippen LogP contribution in [0.4, 0.5) is 0 Å². The minimum atomic E-state index is 0.695. The summed E-state index contributed by atoms with van der Waals surface area (Å²) in [6.07, 6.45) is 2.65. The Morgan fingerprint density at radius 2 is 2.29 bits per heavy atom. The lowest BCUT2D eigenvalue weighted by atomic mass is 10.2. The molecule has 2 rings (SSSR count). The maximum absolute atomic E-state index is 4.78. The topological polar surface area (TPSA) is 31.4 Å². The van der Waals surface area contributed by atoms with Gasteiger partial charge in [-0.05, 0) is 45.9 Å². The van der Waals surface area contributed by atoms with Crippen LogP contribution in [0.5, 0.6) is 0 Å². The van der Waals surface area contributed by atoms with Crippen LogP contribution < -0.4 is 5.32 Å². The first-order chi connectivity index (χ1) is 10.0. The van der Waals surface area contributed by atoms with Crippen molar-refractivity contribution in [3.63, 3.8) is 0 Å². The van der Waals surface area contributed by atoms with Crippen molar-refractivity contribution >= 4 is 11.3 Å². The Bertz CT molecular complexity index is 416. The van der Waals surface area contributed by atoms with Gasteiger partial charge in [-0.1, -0.05) is 13.8 Å². The molecule has 5 heteroatoms. The third-order valence-corrected chi connectivity index (χ3v) is 4.77. The van der Waals surface area contributed by atoms with Crippen LogP contribution >= 0.6 is 11.3 Å². The average molecular weight is 311 g/mol. The van der Waals surface area contributed by atoms with E-state index in [0.717, 1.165) is 26.2 Å². The van der Waals surface area contributed by atoms with Crippen LogP contribution in [0.15, 0.2) is 5.38 Å². The summed E-state index contributed by atoms with van der Waals surface area (Å²) in [4.78, 5) is 9.68. The first-order valence-electron chi connectivity index (χ1n) is 8.07. The van der Waals surface area contributed by atoms with E-state index >= 15 is 0 Å². The van der Waals surface area contributed by atoms with Crippen LogP contribution in [-0.4, -0.2) is 54.6 Å². The van der Waals surface area contributed by atoms with Gasteiger partial charge in [0.2, 0.25) is 0 Å². The molecular weight excluding hydrogens is 280 g/mol. The van der Waals surface area contributed by atoms with E-state index in [9.17, 15) is 0 Å². The van der Waals surface area contributed by atoms with E-state index in [1.807, 2.05) is 0 Å². The maximum Gasteiger partial charge on any atom is 0.107 e. The van der Waals surface area contributed by atoms with Gasteiger partial charge in [0.15, 0.2) is 0 Å². The van der Waals surface area contributed by atoms with Crippen molar-refractivity contribution in [2.45, 2.75) is 45.8 Å². The quantitative estimate of drug-likeness (QED) is 0.799. The summed E-state index contributed by atoms with van der Waals surface area (Å²) in [6.45, 7) is 9.83. The van der Waals surface area contributed by atoms with E-state index in [1.54, 1.807) is 11.3 Å². The average Bonchev–Trinajstić information content (AvgIpc) is 3.00. The standard InChI is InChI=1S/C16H30N4S/c1-13(2)8-17-9-16-18-14(12-21-16)10-20-7-5-6-15(20)11-19(3)4/h12-13,15,17H,5-11H2,1-4H3. The van der Waals surface area contributed by atoms with Gasteiger partial charge in [0.1, 0.15) is 5.01 Å². The normalized spacial score (nSPS) is 20.0. The number of rotatable bonds is 8. The van der Waals surface area contributed by atoms with Crippen molar-refractivity contribution in [1.82, 2.24) is 20.1 Å². The van der Waals surface area contributed by atoms with Gasteiger partial charge in [-0.3, -0.25) is 4.90 Å². The van der Waals surface area contributed by atoms with Crippen LogP contribution in [-0.2, 0) is 13.1 Å². The maximum atomic E-state index is 4.78. The molecule has 1 aliphatic rings. The lowest BCUT2D eigenvalue weighted by molar-refractivity contribution is 0.199. The van der Waals surface area contributed by atoms with Gasteiger partial charge in [-0.2, -0.15) is 0 Å². The molecule has 0 saturated carbocycles. The molecular formula is C16H30N4S. The lowest BCUT2D eigenvalue weighted by Crippen LogP contribution is -2.37. The summed E-state index contributed by atoms with van der Waals surface area (Å²) in [5.74, 6) is 0.695. The zero-order chi connectivity index (χ0) is 15.2. The summed E-state index contributed by atoms with van der Waals surface area (Å²) in [7, 11) is 4.33. The molecule has 21 heavy (non-hydrogen) atoms. The zero-order valence-corrected chi connectivity index (χ0v) is 14.7. The monoisotopic (exact) mass is 310 g/mol. The Hall–Kier alpha value is -0.490. The van der Waals surface area contributed by atoms with Crippen molar-refractivity contribution in [2.24, 2.45) is 5.92 Å². The lowest BCUT2D eigenvalue weighted by Gasteiger charge is -2.26. The molecule has 0 amide bonds. The highest BCUT2D eigenvalue weighted by atomic mass is 32.1. The largest absolute Gasteiger partial charge is 0.310 e. The molecule has 1 atom stereocenters. The number of hydrogen-bond acceptors (Lipinski definition) is 5. The molecule has 120 valence electrons. The van der Waals surface area contributed by atoms with E-state index in [0.29, 0.717) is 12.0 Å². The first kappa shape index (κ1) is 16.9. The molecule has 1 N–H and O–H groups in total. The fourth-order valence-corrected chi connectivity index (χ4v) is 3.66. The molecule has 0 aromatic carbocycles. The van der Waals surface area contributed by atoms with Crippen molar-refractivity contribution in [3.8, 4) is 0 Å². The predicted octanol–water partition coefficient (Wildman–Crippen LogP) is 2.41.